The molecule has 8 aromatic rings. The summed E-state index contributed by atoms with van der Waals surface area (Å²) in [5, 5.41) is 22.0. The molecule has 8 heterocycles. The number of rotatable bonds is 10. The molecule has 2 unspecified atom stereocenters. The molecule has 0 aromatic carbocycles. The van der Waals surface area contributed by atoms with Crippen LogP contribution < -0.4 is 67.8 Å². The Labute approximate surface area is 471 Å². The molecule has 10 rings (SSSR count). The van der Waals surface area contributed by atoms with Crippen LogP contribution in [0.5, 0.6) is 0 Å². The molecule has 8 aromatic heterocycles. The Hall–Kier alpha value is -6.34. The van der Waals surface area contributed by atoms with Gasteiger partial charge < -0.3 is 35.7 Å². The molecule has 22 nitrogen and oxygen atoms in total. The van der Waals surface area contributed by atoms with Gasteiger partial charge in [-0.3, -0.25) is 24.1 Å². The Morgan fingerprint density at radius 1 is 0.689 bits per heavy atom. The molecule has 0 radical (unpaired) electrons. The minimum atomic E-state index is -0.296. The zero-order valence-corrected chi connectivity index (χ0v) is 46.5. The van der Waals surface area contributed by atoms with Crippen molar-refractivity contribution >= 4 is 35.3 Å². The molecule has 0 spiro atoms. The van der Waals surface area contributed by atoms with Gasteiger partial charge in [0.2, 0.25) is 35.3 Å². The van der Waals surface area contributed by atoms with E-state index in [1.54, 1.807) is 40.4 Å². The summed E-state index contributed by atoms with van der Waals surface area (Å²) in [6.45, 7) is 11.7. The number of carbonyl (C=O) groups excluding carboxylic acids is 2. The van der Waals surface area contributed by atoms with Gasteiger partial charge in [0.05, 0.1) is 52.4 Å². The number of nitrogens with two attached hydrogens (primary N) is 1. The summed E-state index contributed by atoms with van der Waals surface area (Å²) in [5.74, 6) is 2.05. The fourth-order valence-corrected chi connectivity index (χ4v) is 8.22. The molecular weight excluding hydrogens is 970 g/mol. The smallest absolute Gasteiger partial charge is 0.870 e. The van der Waals surface area contributed by atoms with Crippen LogP contribution in [0.2, 0.25) is 0 Å². The van der Waals surface area contributed by atoms with Gasteiger partial charge in [-0.05, 0) is 91.0 Å². The van der Waals surface area contributed by atoms with Crippen LogP contribution in [0, 0.1) is 0 Å². The van der Waals surface area contributed by atoms with Crippen molar-refractivity contribution in [1.82, 2.24) is 69.7 Å². The van der Waals surface area contributed by atoms with Crippen molar-refractivity contribution in [2.24, 2.45) is 19.8 Å². The largest absolute Gasteiger partial charge is 1.00 e. The van der Waals surface area contributed by atoms with E-state index < -0.39 is 0 Å². The average Bonchev–Trinajstić information content (AvgIpc) is 4.18. The van der Waals surface area contributed by atoms with Crippen LogP contribution in [0.25, 0.3) is 22.8 Å². The second-order valence-corrected chi connectivity index (χ2v) is 20.0. The fraction of sp³-hybridized carbons (Fsp3) is 0.412. The van der Waals surface area contributed by atoms with E-state index >= 15 is 0 Å². The maximum atomic E-state index is 13.0. The normalized spacial score (nSPS) is 15.1. The molecule has 2 aliphatic carbocycles. The molecule has 0 aliphatic heterocycles. The Morgan fingerprint density at radius 2 is 1.20 bits per heavy atom. The van der Waals surface area contributed by atoms with Gasteiger partial charge >= 0.3 is 51.4 Å². The van der Waals surface area contributed by atoms with Crippen LogP contribution in [0.1, 0.15) is 149 Å². The zero-order chi connectivity index (χ0) is 51.0. The third-order valence-corrected chi connectivity index (χ3v) is 12.0. The quantitative estimate of drug-likeness (QED) is 0.0688. The Kier molecular flexibility index (Phi) is 19.4. The van der Waals surface area contributed by atoms with Crippen LogP contribution in [0.15, 0.2) is 82.9 Å². The van der Waals surface area contributed by atoms with Crippen LogP contribution in [-0.4, -0.2) is 87.3 Å². The number of hydrogen-bond donors (Lipinski definition) is 3. The van der Waals surface area contributed by atoms with Crippen LogP contribution in [0.4, 0.5) is 23.3 Å². The fourth-order valence-electron chi connectivity index (χ4n) is 8.22. The summed E-state index contributed by atoms with van der Waals surface area (Å²) in [6.07, 6.45) is 24.7. The van der Waals surface area contributed by atoms with E-state index in [0.717, 1.165) is 84.7 Å². The van der Waals surface area contributed by atoms with Crippen molar-refractivity contribution < 1.29 is 75.5 Å². The monoisotopic (exact) mass is 1030 g/mol. The summed E-state index contributed by atoms with van der Waals surface area (Å²) in [4.78, 5) is 58.4. The van der Waals surface area contributed by atoms with Gasteiger partial charge in [0.1, 0.15) is 0 Å². The molecule has 2 aliphatic rings. The van der Waals surface area contributed by atoms with Crippen molar-refractivity contribution in [3.63, 3.8) is 0 Å². The van der Waals surface area contributed by atoms with E-state index in [-0.39, 0.29) is 97.1 Å². The number of carbonyl (C=O) groups is 1. The van der Waals surface area contributed by atoms with Crippen molar-refractivity contribution in [2.45, 2.75) is 122 Å². The molecule has 74 heavy (non-hydrogen) atoms. The second-order valence-electron chi connectivity index (χ2n) is 20.0. The minimum absolute atomic E-state index is 0. The van der Waals surface area contributed by atoms with E-state index in [1.165, 1.54) is 23.1 Å². The van der Waals surface area contributed by atoms with Crippen molar-refractivity contribution in [2.75, 3.05) is 10.6 Å². The van der Waals surface area contributed by atoms with Gasteiger partial charge in [-0.15, -0.1) is 0 Å². The number of pyridine rings is 2. The summed E-state index contributed by atoms with van der Waals surface area (Å²) in [6, 6.07) is 8.04. The number of nitrogens with one attached hydrogen (secondary N) is 2. The molecule has 23 heteroatoms. The SMILES string of the molecule is CC(C)(C)c1nc([C-]=O)no1.Cn1cc(Nc2nccc(-c3cc4c(cn3)C(CC(=O)c3noc(C(C)(C)C)n3)CCCC4)n2)cn1.Cn1cc(Nc2nccc(-c3cc4c(cn3)C(N)CCCC4)n2)cn1.[K+].[OH-]. The molecule has 0 amide bonds. The van der Waals surface area contributed by atoms with Crippen LogP contribution in [0.3, 0.4) is 0 Å². The van der Waals surface area contributed by atoms with E-state index in [4.69, 9.17) is 19.8 Å². The molecule has 382 valence electrons. The summed E-state index contributed by atoms with van der Waals surface area (Å²) < 4.78 is 13.6. The van der Waals surface area contributed by atoms with Crippen LogP contribution in [-0.2, 0) is 42.6 Å². The van der Waals surface area contributed by atoms with Crippen molar-refractivity contribution in [1.29, 1.82) is 0 Å². The number of Topliss-reactive ketones (excluding diaryl/α,β-unsaturated/α-hetero) is 1. The van der Waals surface area contributed by atoms with Gasteiger partial charge in [-0.25, -0.2) is 24.9 Å². The number of aryl methyl sites for hydroxylation is 4. The molecular formula is C51H61KN17O5-. The first-order valence-electron chi connectivity index (χ1n) is 24.0. The molecule has 2 atom stereocenters. The van der Waals surface area contributed by atoms with Gasteiger partial charge in [0.15, 0.2) is 0 Å². The summed E-state index contributed by atoms with van der Waals surface area (Å²) in [7, 11) is 3.72. The maximum Gasteiger partial charge on any atom is 1.00 e. The number of anilines is 4. The van der Waals surface area contributed by atoms with Crippen molar-refractivity contribution in [3.05, 3.63) is 120 Å². The van der Waals surface area contributed by atoms with Gasteiger partial charge in [0.25, 0.3) is 0 Å². The Morgan fingerprint density at radius 3 is 1.69 bits per heavy atom. The molecule has 5 N–H and O–H groups in total. The topological polar surface area (TPSA) is 305 Å². The number of aromatic nitrogens is 14. The zero-order valence-electron chi connectivity index (χ0n) is 43.4. The first kappa shape index (κ1) is 56.9. The molecule has 0 bridgehead atoms. The maximum absolute atomic E-state index is 13.0. The third kappa shape index (κ3) is 14.9. The summed E-state index contributed by atoms with van der Waals surface area (Å²) in [5.41, 5.74) is 15.4. The second kappa shape index (κ2) is 25.3. The van der Waals surface area contributed by atoms with Gasteiger partial charge in [-0.2, -0.15) is 21.5 Å². The van der Waals surface area contributed by atoms with Gasteiger partial charge in [-0.1, -0.05) is 64.7 Å². The predicted octanol–water partition coefficient (Wildman–Crippen LogP) is 5.17. The Bertz CT molecular complexity index is 3130. The Balaban J connectivity index is 0.000000203. The molecule has 0 saturated heterocycles. The third-order valence-electron chi connectivity index (χ3n) is 12.0. The first-order chi connectivity index (χ1) is 34.5. The number of nitrogens with zero attached hydrogens (tertiary/aromatic N) is 14. The standard InChI is InChI=1S/C26H30N8O2.C18H21N7.C7H9N2O2.K.H2O/c1-26(2,3)24-32-23(33-36-24)22(35)12-17-8-6-5-7-16-11-21(28-14-19(16)17)20-9-10-27-25(31-20)30-18-13-29-34(4)15-18;1-25-11-13(9-22-25)23-18-20-7-6-16(24-18)17-8-12-4-2-3-5-15(19)14(12)10-21-17;1-7(2,3)6-8-5(4-10)9-11-6;;/h9-11,13-15,17H,5-8,12H2,1-4H3,(H,27,30,31);6-11,15H,2-5,19H2,1H3,(H,20,23,24);1-3H3;;1H2/q;;-1;+1;/p-1. The average molecular weight is 1030 g/mol. The molecule has 0 saturated carbocycles. The summed E-state index contributed by atoms with van der Waals surface area (Å²) >= 11 is 0. The number of ketones is 1. The number of fused-ring (bicyclic) bond motifs is 2. The van der Waals surface area contributed by atoms with Crippen molar-refractivity contribution in [3.8, 4) is 22.8 Å². The first-order valence-corrected chi connectivity index (χ1v) is 24.0. The predicted molar refractivity (Wildman–Crippen MR) is 270 cm³/mol. The minimum Gasteiger partial charge on any atom is -0.870 e. The number of hydrogen-bond acceptors (Lipinski definition) is 20. The van der Waals surface area contributed by atoms with E-state index in [9.17, 15) is 9.59 Å². The van der Waals surface area contributed by atoms with Gasteiger partial charge in [0, 0.05) is 74.6 Å². The van der Waals surface area contributed by atoms with E-state index in [0.29, 0.717) is 30.1 Å². The van der Waals surface area contributed by atoms with E-state index in [2.05, 4.69) is 78.2 Å². The van der Waals surface area contributed by atoms with Crippen LogP contribution >= 0.6 is 0 Å². The molecule has 0 fully saturated rings. The van der Waals surface area contributed by atoms with E-state index in [1.807, 2.05) is 92.6 Å².